The lowest BCUT2D eigenvalue weighted by molar-refractivity contribution is -0.122. The number of benzene rings is 1. The summed E-state index contributed by atoms with van der Waals surface area (Å²) in [5, 5.41) is 7.23. The molecule has 1 atom stereocenters. The summed E-state index contributed by atoms with van der Waals surface area (Å²) in [5.74, 6) is 0.275. The van der Waals surface area contributed by atoms with Gasteiger partial charge in [-0.25, -0.2) is 4.68 Å². The minimum atomic E-state index is -0.369. The Morgan fingerprint density at radius 3 is 2.48 bits per heavy atom. The van der Waals surface area contributed by atoms with E-state index >= 15 is 0 Å². The SMILES string of the molecule is CC(C)C(C)(CN)NC(=O)Cc1ccc(-n2cccn2)cc1.Cl. The number of rotatable bonds is 6. The van der Waals surface area contributed by atoms with Crippen LogP contribution in [-0.4, -0.2) is 27.8 Å². The van der Waals surface area contributed by atoms with Crippen LogP contribution in [-0.2, 0) is 11.2 Å². The quantitative estimate of drug-likeness (QED) is 0.850. The number of carbonyl (C=O) groups excluding carboxylic acids is 1. The number of nitrogens with two attached hydrogens (primary N) is 1. The van der Waals surface area contributed by atoms with Gasteiger partial charge in [-0.2, -0.15) is 5.10 Å². The maximum absolute atomic E-state index is 12.2. The third-order valence-corrected chi connectivity index (χ3v) is 4.19. The third kappa shape index (κ3) is 4.81. The van der Waals surface area contributed by atoms with Gasteiger partial charge in [-0.05, 0) is 36.6 Å². The Bertz CT molecular complexity index is 610. The third-order valence-electron chi connectivity index (χ3n) is 4.19. The van der Waals surface area contributed by atoms with Gasteiger partial charge in [0, 0.05) is 18.9 Å². The van der Waals surface area contributed by atoms with Crippen molar-refractivity contribution in [1.29, 1.82) is 0 Å². The summed E-state index contributed by atoms with van der Waals surface area (Å²) < 4.78 is 1.79. The first-order valence-electron chi connectivity index (χ1n) is 7.54. The Labute approximate surface area is 143 Å². The summed E-state index contributed by atoms with van der Waals surface area (Å²) in [6, 6.07) is 9.69. The van der Waals surface area contributed by atoms with Gasteiger partial charge in [0.2, 0.25) is 5.91 Å². The highest BCUT2D eigenvalue weighted by Gasteiger charge is 2.28. The Balaban J connectivity index is 0.00000264. The monoisotopic (exact) mass is 336 g/mol. The molecule has 6 heteroatoms. The Morgan fingerprint density at radius 1 is 1.35 bits per heavy atom. The number of halogens is 1. The molecule has 3 N–H and O–H groups in total. The second-order valence-corrected chi connectivity index (χ2v) is 6.12. The van der Waals surface area contributed by atoms with E-state index in [1.165, 1.54) is 0 Å². The summed E-state index contributed by atoms with van der Waals surface area (Å²) in [6.07, 6.45) is 3.97. The first-order chi connectivity index (χ1) is 10.4. The van der Waals surface area contributed by atoms with Crippen molar-refractivity contribution < 1.29 is 4.79 Å². The summed E-state index contributed by atoms with van der Waals surface area (Å²) >= 11 is 0. The van der Waals surface area contributed by atoms with E-state index in [1.807, 2.05) is 43.5 Å². The van der Waals surface area contributed by atoms with Crippen LogP contribution in [0.1, 0.15) is 26.3 Å². The Morgan fingerprint density at radius 2 is 2.00 bits per heavy atom. The smallest absolute Gasteiger partial charge is 0.224 e. The van der Waals surface area contributed by atoms with Crippen LogP contribution in [0.4, 0.5) is 0 Å². The molecule has 0 bridgehead atoms. The van der Waals surface area contributed by atoms with Gasteiger partial charge in [-0.3, -0.25) is 4.79 Å². The van der Waals surface area contributed by atoms with Crippen LogP contribution in [0.15, 0.2) is 42.7 Å². The maximum Gasteiger partial charge on any atom is 0.224 e. The van der Waals surface area contributed by atoms with Crippen LogP contribution in [0.3, 0.4) is 0 Å². The summed E-state index contributed by atoms with van der Waals surface area (Å²) in [7, 11) is 0. The van der Waals surface area contributed by atoms with E-state index in [-0.39, 0.29) is 29.8 Å². The van der Waals surface area contributed by atoms with Gasteiger partial charge in [0.1, 0.15) is 0 Å². The van der Waals surface area contributed by atoms with Crippen molar-refractivity contribution in [2.75, 3.05) is 6.54 Å². The second-order valence-electron chi connectivity index (χ2n) is 6.12. The van der Waals surface area contributed by atoms with Crippen LogP contribution in [0.25, 0.3) is 5.69 Å². The minimum Gasteiger partial charge on any atom is -0.349 e. The van der Waals surface area contributed by atoms with E-state index in [0.29, 0.717) is 13.0 Å². The van der Waals surface area contributed by atoms with E-state index in [1.54, 1.807) is 10.9 Å². The zero-order chi connectivity index (χ0) is 16.2. The second kappa shape index (κ2) is 8.13. The lowest BCUT2D eigenvalue weighted by Gasteiger charge is -2.33. The van der Waals surface area contributed by atoms with Crippen LogP contribution < -0.4 is 11.1 Å². The first-order valence-corrected chi connectivity index (χ1v) is 7.54. The molecular weight excluding hydrogens is 312 g/mol. The highest BCUT2D eigenvalue weighted by Crippen LogP contribution is 2.15. The van der Waals surface area contributed by atoms with E-state index in [9.17, 15) is 4.79 Å². The molecule has 1 heterocycles. The maximum atomic E-state index is 12.2. The average molecular weight is 337 g/mol. The van der Waals surface area contributed by atoms with Crippen molar-refractivity contribution in [3.63, 3.8) is 0 Å². The largest absolute Gasteiger partial charge is 0.349 e. The molecule has 0 aliphatic carbocycles. The fourth-order valence-electron chi connectivity index (χ4n) is 2.17. The van der Waals surface area contributed by atoms with Crippen molar-refractivity contribution in [3.8, 4) is 5.69 Å². The summed E-state index contributed by atoms with van der Waals surface area (Å²) in [5.41, 5.74) is 7.37. The van der Waals surface area contributed by atoms with Gasteiger partial charge in [-0.15, -0.1) is 12.4 Å². The molecule has 2 aromatic rings. The van der Waals surface area contributed by atoms with Gasteiger partial charge in [0.25, 0.3) is 0 Å². The van der Waals surface area contributed by atoms with Crippen molar-refractivity contribution in [2.45, 2.75) is 32.7 Å². The molecule has 1 unspecified atom stereocenters. The molecule has 0 saturated carbocycles. The Hall–Kier alpha value is -1.85. The molecule has 0 aliphatic heterocycles. The summed E-state index contributed by atoms with van der Waals surface area (Å²) in [6.45, 7) is 6.53. The molecule has 0 aliphatic rings. The zero-order valence-corrected chi connectivity index (χ0v) is 14.6. The van der Waals surface area contributed by atoms with E-state index in [0.717, 1.165) is 11.3 Å². The molecular formula is C17H25ClN4O. The number of hydrogen-bond acceptors (Lipinski definition) is 3. The molecule has 0 radical (unpaired) electrons. The lowest BCUT2D eigenvalue weighted by atomic mass is 9.88. The molecule has 1 aromatic carbocycles. The molecule has 0 spiro atoms. The Kier molecular flexibility index (Phi) is 6.79. The van der Waals surface area contributed by atoms with E-state index in [2.05, 4.69) is 24.3 Å². The number of carbonyl (C=O) groups is 1. The van der Waals surface area contributed by atoms with E-state index in [4.69, 9.17) is 5.73 Å². The van der Waals surface area contributed by atoms with Crippen molar-refractivity contribution in [3.05, 3.63) is 48.3 Å². The van der Waals surface area contributed by atoms with Gasteiger partial charge in [0.15, 0.2) is 0 Å². The predicted molar refractivity (Wildman–Crippen MR) is 95.0 cm³/mol. The first kappa shape index (κ1) is 19.2. The molecule has 5 nitrogen and oxygen atoms in total. The number of nitrogens with zero attached hydrogens (tertiary/aromatic N) is 2. The van der Waals surface area contributed by atoms with Crippen molar-refractivity contribution >= 4 is 18.3 Å². The molecule has 0 saturated heterocycles. The molecule has 1 amide bonds. The molecule has 0 fully saturated rings. The highest BCUT2D eigenvalue weighted by atomic mass is 35.5. The van der Waals surface area contributed by atoms with Crippen LogP contribution in [0, 0.1) is 5.92 Å². The van der Waals surface area contributed by atoms with Crippen molar-refractivity contribution in [2.24, 2.45) is 11.7 Å². The number of nitrogens with one attached hydrogen (secondary N) is 1. The summed E-state index contributed by atoms with van der Waals surface area (Å²) in [4.78, 5) is 12.2. The normalized spacial score (nSPS) is 13.3. The predicted octanol–water partition coefficient (Wildman–Crippen LogP) is 2.33. The topological polar surface area (TPSA) is 72.9 Å². The number of hydrogen-bond donors (Lipinski definition) is 2. The molecule has 23 heavy (non-hydrogen) atoms. The number of aromatic nitrogens is 2. The van der Waals surface area contributed by atoms with Crippen molar-refractivity contribution in [1.82, 2.24) is 15.1 Å². The highest BCUT2D eigenvalue weighted by molar-refractivity contribution is 5.85. The van der Waals surface area contributed by atoms with Gasteiger partial charge >= 0.3 is 0 Å². The van der Waals surface area contributed by atoms with E-state index < -0.39 is 0 Å². The lowest BCUT2D eigenvalue weighted by Crippen LogP contribution is -2.55. The minimum absolute atomic E-state index is 0. The standard InChI is InChI=1S/C17H24N4O.ClH/c1-13(2)17(3,12-18)20-16(22)11-14-5-7-15(8-6-14)21-10-4-9-19-21;/h4-10,13H,11-12,18H2,1-3H3,(H,20,22);1H. The number of amides is 1. The molecule has 1 aromatic heterocycles. The average Bonchev–Trinajstić information content (AvgIpc) is 3.01. The fraction of sp³-hybridized carbons (Fsp3) is 0.412. The molecule has 126 valence electrons. The van der Waals surface area contributed by atoms with Gasteiger partial charge < -0.3 is 11.1 Å². The zero-order valence-electron chi connectivity index (χ0n) is 13.8. The van der Waals surface area contributed by atoms with Gasteiger partial charge in [-0.1, -0.05) is 26.0 Å². The van der Waals surface area contributed by atoms with Crippen LogP contribution >= 0.6 is 12.4 Å². The molecule has 2 rings (SSSR count). The van der Waals surface area contributed by atoms with Crippen LogP contribution in [0.2, 0.25) is 0 Å². The van der Waals surface area contributed by atoms with Gasteiger partial charge in [0.05, 0.1) is 17.6 Å². The fourth-order valence-corrected chi connectivity index (χ4v) is 2.17. The van der Waals surface area contributed by atoms with Crippen LogP contribution in [0.5, 0.6) is 0 Å².